The van der Waals surface area contributed by atoms with Crippen LogP contribution in [0.4, 0.5) is 8.78 Å². The number of benzene rings is 1. The summed E-state index contributed by atoms with van der Waals surface area (Å²) >= 11 is 0. The quantitative estimate of drug-likeness (QED) is 0.775. The van der Waals surface area contributed by atoms with Crippen LogP contribution in [0.25, 0.3) is 0 Å². The lowest BCUT2D eigenvalue weighted by atomic mass is 10.1. The highest BCUT2D eigenvalue weighted by molar-refractivity contribution is 5.22. The van der Waals surface area contributed by atoms with E-state index < -0.39 is 17.7 Å². The van der Waals surface area contributed by atoms with Crippen LogP contribution in [0.15, 0.2) is 18.2 Å². The number of hydrogen-bond donors (Lipinski definition) is 2. The average molecular weight is 201 g/mol. The lowest BCUT2D eigenvalue weighted by Crippen LogP contribution is -2.25. The predicted molar refractivity (Wildman–Crippen MR) is 49.9 cm³/mol. The molecule has 0 aliphatic carbocycles. The van der Waals surface area contributed by atoms with Gasteiger partial charge in [0.1, 0.15) is 11.6 Å². The number of rotatable bonds is 4. The molecule has 4 heteroatoms. The van der Waals surface area contributed by atoms with E-state index in [1.54, 1.807) is 0 Å². The molecule has 14 heavy (non-hydrogen) atoms. The topological polar surface area (TPSA) is 32.3 Å². The fraction of sp³-hybridized carbons (Fsp3) is 0.400. The molecule has 0 fully saturated rings. The third-order valence-electron chi connectivity index (χ3n) is 1.97. The minimum absolute atomic E-state index is 0.161. The first-order chi connectivity index (χ1) is 6.69. The van der Waals surface area contributed by atoms with Crippen molar-refractivity contribution in [2.45, 2.75) is 13.0 Å². The van der Waals surface area contributed by atoms with Gasteiger partial charge in [0, 0.05) is 5.56 Å². The van der Waals surface area contributed by atoms with E-state index in [1.165, 1.54) is 0 Å². The molecular formula is C10H13F2NO. The van der Waals surface area contributed by atoms with Gasteiger partial charge in [0.05, 0.1) is 12.6 Å². The molecule has 0 radical (unpaired) electrons. The molecule has 0 aromatic heterocycles. The molecule has 2 nitrogen and oxygen atoms in total. The summed E-state index contributed by atoms with van der Waals surface area (Å²) in [5.74, 6) is -1.01. The summed E-state index contributed by atoms with van der Waals surface area (Å²) in [7, 11) is 0. The molecule has 0 bridgehead atoms. The Kier molecular flexibility index (Phi) is 3.98. The Balaban J connectivity index is 2.96. The summed E-state index contributed by atoms with van der Waals surface area (Å²) in [6, 6.07) is 2.67. The van der Waals surface area contributed by atoms with Crippen molar-refractivity contribution in [2.75, 3.05) is 13.2 Å². The number of nitrogens with one attached hydrogen (secondary N) is 1. The van der Waals surface area contributed by atoms with Gasteiger partial charge < -0.3 is 10.4 Å². The average Bonchev–Trinajstić information content (AvgIpc) is 2.18. The van der Waals surface area contributed by atoms with E-state index in [1.807, 2.05) is 6.92 Å². The molecular weight excluding hydrogens is 188 g/mol. The lowest BCUT2D eigenvalue weighted by Gasteiger charge is -2.15. The van der Waals surface area contributed by atoms with Crippen molar-refractivity contribution in [1.29, 1.82) is 0 Å². The van der Waals surface area contributed by atoms with Crippen LogP contribution < -0.4 is 5.32 Å². The van der Waals surface area contributed by atoms with Crippen molar-refractivity contribution >= 4 is 0 Å². The van der Waals surface area contributed by atoms with Crippen LogP contribution in [0.2, 0.25) is 0 Å². The maximum absolute atomic E-state index is 13.2. The SMILES string of the molecule is CCNC(CO)c1cc(F)ccc1F. The van der Waals surface area contributed by atoms with E-state index in [-0.39, 0.29) is 12.2 Å². The number of aliphatic hydroxyl groups excluding tert-OH is 1. The summed E-state index contributed by atoms with van der Waals surface area (Å²) in [6.45, 7) is 2.16. The molecule has 1 rings (SSSR count). The van der Waals surface area contributed by atoms with Gasteiger partial charge in [0.2, 0.25) is 0 Å². The normalized spacial score (nSPS) is 12.9. The minimum atomic E-state index is -0.546. The van der Waals surface area contributed by atoms with Crippen LogP contribution in [0.1, 0.15) is 18.5 Å². The second kappa shape index (κ2) is 5.02. The smallest absolute Gasteiger partial charge is 0.128 e. The van der Waals surface area contributed by atoms with Crippen molar-refractivity contribution in [3.05, 3.63) is 35.4 Å². The predicted octanol–water partition coefficient (Wildman–Crippen LogP) is 1.61. The Labute approximate surface area is 81.6 Å². The van der Waals surface area contributed by atoms with Gasteiger partial charge in [-0.05, 0) is 24.7 Å². The van der Waals surface area contributed by atoms with Crippen LogP contribution in [0.5, 0.6) is 0 Å². The molecule has 78 valence electrons. The Morgan fingerprint density at radius 3 is 2.71 bits per heavy atom. The zero-order chi connectivity index (χ0) is 10.6. The summed E-state index contributed by atoms with van der Waals surface area (Å²) in [6.07, 6.45) is 0. The molecule has 2 N–H and O–H groups in total. The van der Waals surface area contributed by atoms with Gasteiger partial charge in [-0.15, -0.1) is 0 Å². The highest BCUT2D eigenvalue weighted by Gasteiger charge is 2.14. The van der Waals surface area contributed by atoms with E-state index in [0.29, 0.717) is 6.54 Å². The second-order valence-corrected chi connectivity index (χ2v) is 2.96. The molecule has 0 spiro atoms. The molecule has 1 aromatic carbocycles. The number of halogens is 2. The van der Waals surface area contributed by atoms with Gasteiger partial charge in [-0.2, -0.15) is 0 Å². The van der Waals surface area contributed by atoms with Crippen LogP contribution in [0, 0.1) is 11.6 Å². The monoisotopic (exact) mass is 201 g/mol. The van der Waals surface area contributed by atoms with E-state index >= 15 is 0 Å². The highest BCUT2D eigenvalue weighted by atomic mass is 19.1. The summed E-state index contributed by atoms with van der Waals surface area (Å²) < 4.78 is 26.0. The summed E-state index contributed by atoms with van der Waals surface area (Å²) in [4.78, 5) is 0. The van der Waals surface area contributed by atoms with Crippen molar-refractivity contribution in [2.24, 2.45) is 0 Å². The standard InChI is InChI=1S/C10H13F2NO/c1-2-13-10(6-14)8-5-7(11)3-4-9(8)12/h3-5,10,13-14H,2,6H2,1H3. The third kappa shape index (κ3) is 2.49. The largest absolute Gasteiger partial charge is 0.394 e. The fourth-order valence-corrected chi connectivity index (χ4v) is 1.30. The van der Waals surface area contributed by atoms with E-state index in [4.69, 9.17) is 5.11 Å². The van der Waals surface area contributed by atoms with E-state index in [2.05, 4.69) is 5.32 Å². The molecule has 1 unspecified atom stereocenters. The van der Waals surface area contributed by atoms with Gasteiger partial charge in [0.15, 0.2) is 0 Å². The molecule has 0 amide bonds. The maximum Gasteiger partial charge on any atom is 0.128 e. The summed E-state index contributed by atoms with van der Waals surface area (Å²) in [5, 5.41) is 11.8. The molecule has 0 aliphatic heterocycles. The maximum atomic E-state index is 13.2. The fourth-order valence-electron chi connectivity index (χ4n) is 1.30. The first kappa shape index (κ1) is 11.1. The van der Waals surface area contributed by atoms with Gasteiger partial charge in [0.25, 0.3) is 0 Å². The van der Waals surface area contributed by atoms with Gasteiger partial charge in [-0.1, -0.05) is 6.92 Å². The molecule has 1 atom stereocenters. The number of likely N-dealkylation sites (N-methyl/N-ethyl adjacent to an activating group) is 1. The van der Waals surface area contributed by atoms with Gasteiger partial charge in [-0.25, -0.2) is 8.78 Å². The van der Waals surface area contributed by atoms with Crippen molar-refractivity contribution in [3.63, 3.8) is 0 Å². The van der Waals surface area contributed by atoms with E-state index in [0.717, 1.165) is 18.2 Å². The van der Waals surface area contributed by atoms with E-state index in [9.17, 15) is 8.78 Å². The Morgan fingerprint density at radius 2 is 2.14 bits per heavy atom. The molecule has 0 aliphatic rings. The zero-order valence-electron chi connectivity index (χ0n) is 7.93. The Morgan fingerprint density at radius 1 is 1.43 bits per heavy atom. The Bertz CT molecular complexity index is 304. The molecule has 0 heterocycles. The molecule has 0 saturated heterocycles. The molecule has 0 saturated carbocycles. The minimum Gasteiger partial charge on any atom is -0.394 e. The van der Waals surface area contributed by atoms with Crippen LogP contribution in [0.3, 0.4) is 0 Å². The summed E-state index contributed by atoms with van der Waals surface area (Å²) in [5.41, 5.74) is 0.161. The first-order valence-corrected chi connectivity index (χ1v) is 4.48. The Hall–Kier alpha value is -1.00. The number of hydrogen-bond acceptors (Lipinski definition) is 2. The highest BCUT2D eigenvalue weighted by Crippen LogP contribution is 2.17. The van der Waals surface area contributed by atoms with Crippen molar-refractivity contribution in [3.8, 4) is 0 Å². The van der Waals surface area contributed by atoms with Gasteiger partial charge in [-0.3, -0.25) is 0 Å². The second-order valence-electron chi connectivity index (χ2n) is 2.96. The third-order valence-corrected chi connectivity index (χ3v) is 1.97. The van der Waals surface area contributed by atoms with Crippen molar-refractivity contribution in [1.82, 2.24) is 5.32 Å². The number of aliphatic hydroxyl groups is 1. The van der Waals surface area contributed by atoms with Crippen molar-refractivity contribution < 1.29 is 13.9 Å². The molecule has 1 aromatic rings. The zero-order valence-corrected chi connectivity index (χ0v) is 7.93. The van der Waals surface area contributed by atoms with Gasteiger partial charge >= 0.3 is 0 Å². The van der Waals surface area contributed by atoms with Crippen LogP contribution in [-0.4, -0.2) is 18.3 Å². The lowest BCUT2D eigenvalue weighted by molar-refractivity contribution is 0.243. The van der Waals surface area contributed by atoms with Crippen LogP contribution >= 0.6 is 0 Å². The first-order valence-electron chi connectivity index (χ1n) is 4.48. The van der Waals surface area contributed by atoms with Crippen LogP contribution in [-0.2, 0) is 0 Å².